The molecule has 1 unspecified atom stereocenters. The van der Waals surface area contributed by atoms with Crippen molar-refractivity contribution in [1.82, 2.24) is 10.6 Å². The van der Waals surface area contributed by atoms with Crippen molar-refractivity contribution in [1.29, 1.82) is 0 Å². The molecule has 2 aliphatic rings. The minimum atomic E-state index is 0. The molecule has 5 heteroatoms. The van der Waals surface area contributed by atoms with E-state index in [4.69, 9.17) is 4.74 Å². The molecule has 19 heavy (non-hydrogen) atoms. The number of halogens is 1. The number of nitrogens with one attached hydrogen (secondary N) is 2. The van der Waals surface area contributed by atoms with E-state index in [-0.39, 0.29) is 29.6 Å². The number of carbonyl (C=O) groups excluding carboxylic acids is 1. The molecule has 1 amide bonds. The third-order valence-corrected chi connectivity index (χ3v) is 4.38. The minimum Gasteiger partial charge on any atom is -0.384 e. The van der Waals surface area contributed by atoms with Gasteiger partial charge >= 0.3 is 0 Å². The number of ether oxygens (including phenoxy) is 1. The smallest absolute Gasteiger partial charge is 0.223 e. The Bertz CT molecular complexity index is 315. The van der Waals surface area contributed by atoms with Gasteiger partial charge in [0.2, 0.25) is 5.91 Å². The third kappa shape index (κ3) is 4.07. The Kier molecular flexibility index (Phi) is 5.65. The Labute approximate surface area is 122 Å². The lowest BCUT2D eigenvalue weighted by Gasteiger charge is -2.25. The van der Waals surface area contributed by atoms with Crippen LogP contribution in [0.3, 0.4) is 0 Å². The highest BCUT2D eigenvalue weighted by atomic mass is 35.5. The van der Waals surface area contributed by atoms with E-state index in [1.165, 1.54) is 0 Å². The van der Waals surface area contributed by atoms with Crippen molar-refractivity contribution >= 4 is 18.3 Å². The zero-order chi connectivity index (χ0) is 13.2. The standard InChI is InChI=1S/C14H26N2O2.ClH/c1-13(2,10-18-3)9-16-12(17)11-8-14(11)4-6-15-7-5-14;/h11,15H,4-10H2,1-3H3,(H,16,17);1H. The SMILES string of the molecule is COCC(C)(C)CNC(=O)C1CC12CCNCC2.Cl. The van der Waals surface area contributed by atoms with Gasteiger partial charge in [0.25, 0.3) is 0 Å². The van der Waals surface area contributed by atoms with Gasteiger partial charge < -0.3 is 15.4 Å². The zero-order valence-corrected chi connectivity index (χ0v) is 13.1. The van der Waals surface area contributed by atoms with Gasteiger partial charge in [-0.15, -0.1) is 12.4 Å². The topological polar surface area (TPSA) is 50.4 Å². The zero-order valence-electron chi connectivity index (χ0n) is 12.3. The van der Waals surface area contributed by atoms with Crippen molar-refractivity contribution in [2.24, 2.45) is 16.7 Å². The summed E-state index contributed by atoms with van der Waals surface area (Å²) in [4.78, 5) is 12.2. The molecular weight excluding hydrogens is 264 g/mol. The van der Waals surface area contributed by atoms with Crippen LogP contribution in [0.15, 0.2) is 0 Å². The highest BCUT2D eigenvalue weighted by Gasteiger charge is 2.57. The lowest BCUT2D eigenvalue weighted by Crippen LogP contribution is -2.39. The van der Waals surface area contributed by atoms with E-state index < -0.39 is 0 Å². The van der Waals surface area contributed by atoms with E-state index in [2.05, 4.69) is 24.5 Å². The number of hydrogen-bond donors (Lipinski definition) is 2. The average molecular weight is 291 g/mol. The predicted octanol–water partition coefficient (Wildman–Crippen LogP) is 1.59. The van der Waals surface area contributed by atoms with Gasteiger partial charge in [-0.2, -0.15) is 0 Å². The first-order chi connectivity index (χ1) is 8.49. The Morgan fingerprint density at radius 3 is 2.63 bits per heavy atom. The summed E-state index contributed by atoms with van der Waals surface area (Å²) in [7, 11) is 1.70. The summed E-state index contributed by atoms with van der Waals surface area (Å²) in [6.45, 7) is 7.74. The summed E-state index contributed by atoms with van der Waals surface area (Å²) >= 11 is 0. The van der Waals surface area contributed by atoms with Gasteiger partial charge in [0.05, 0.1) is 6.61 Å². The Morgan fingerprint density at radius 1 is 1.42 bits per heavy atom. The van der Waals surface area contributed by atoms with Gasteiger partial charge in [-0.1, -0.05) is 13.8 Å². The first kappa shape index (κ1) is 16.7. The molecule has 2 rings (SSSR count). The van der Waals surface area contributed by atoms with Crippen molar-refractivity contribution in [2.45, 2.75) is 33.1 Å². The van der Waals surface area contributed by atoms with Crippen LogP contribution in [0.25, 0.3) is 0 Å². The molecule has 1 spiro atoms. The predicted molar refractivity (Wildman–Crippen MR) is 78.6 cm³/mol. The normalized spacial score (nSPS) is 24.7. The van der Waals surface area contributed by atoms with Crippen LogP contribution >= 0.6 is 12.4 Å². The van der Waals surface area contributed by atoms with E-state index in [1.54, 1.807) is 7.11 Å². The van der Waals surface area contributed by atoms with Crippen molar-refractivity contribution in [2.75, 3.05) is 33.4 Å². The first-order valence-electron chi connectivity index (χ1n) is 6.97. The largest absolute Gasteiger partial charge is 0.384 e. The Balaban J connectivity index is 0.00000180. The summed E-state index contributed by atoms with van der Waals surface area (Å²) in [6, 6.07) is 0. The molecule has 4 nitrogen and oxygen atoms in total. The molecule has 0 radical (unpaired) electrons. The molecule has 1 saturated carbocycles. The number of piperidine rings is 1. The monoisotopic (exact) mass is 290 g/mol. The highest BCUT2D eigenvalue weighted by molar-refractivity contribution is 5.85. The van der Waals surface area contributed by atoms with Crippen molar-refractivity contribution < 1.29 is 9.53 Å². The lowest BCUT2D eigenvalue weighted by molar-refractivity contribution is -0.123. The van der Waals surface area contributed by atoms with Crippen LogP contribution < -0.4 is 10.6 Å². The molecule has 0 aromatic carbocycles. The van der Waals surface area contributed by atoms with Crippen LogP contribution in [-0.4, -0.2) is 39.3 Å². The van der Waals surface area contributed by atoms with E-state index in [0.717, 1.165) is 32.4 Å². The Hall–Kier alpha value is -0.320. The third-order valence-electron chi connectivity index (χ3n) is 4.38. The minimum absolute atomic E-state index is 0. The van der Waals surface area contributed by atoms with Crippen LogP contribution in [0.2, 0.25) is 0 Å². The van der Waals surface area contributed by atoms with Gasteiger partial charge in [0, 0.05) is 25.0 Å². The van der Waals surface area contributed by atoms with Gasteiger partial charge in [0.15, 0.2) is 0 Å². The van der Waals surface area contributed by atoms with Crippen LogP contribution in [-0.2, 0) is 9.53 Å². The Morgan fingerprint density at radius 2 is 2.05 bits per heavy atom. The molecule has 0 aromatic rings. The molecule has 1 heterocycles. The lowest BCUT2D eigenvalue weighted by atomic mass is 9.91. The number of rotatable bonds is 5. The fraction of sp³-hybridized carbons (Fsp3) is 0.929. The molecule has 1 aliphatic heterocycles. The maximum atomic E-state index is 12.2. The summed E-state index contributed by atoms with van der Waals surface area (Å²) in [6.07, 6.45) is 3.41. The molecule has 1 saturated heterocycles. The second-order valence-corrected chi connectivity index (χ2v) is 6.68. The van der Waals surface area contributed by atoms with E-state index in [9.17, 15) is 4.79 Å². The van der Waals surface area contributed by atoms with Gasteiger partial charge in [0.1, 0.15) is 0 Å². The molecule has 0 aromatic heterocycles. The summed E-state index contributed by atoms with van der Waals surface area (Å²) < 4.78 is 5.17. The molecule has 0 bridgehead atoms. The number of carbonyl (C=O) groups is 1. The molecule has 2 N–H and O–H groups in total. The molecule has 2 fully saturated rings. The number of methoxy groups -OCH3 is 1. The molecular formula is C14H27ClN2O2. The summed E-state index contributed by atoms with van der Waals surface area (Å²) in [5, 5.41) is 6.47. The van der Waals surface area contributed by atoms with E-state index in [0.29, 0.717) is 18.6 Å². The second-order valence-electron chi connectivity index (χ2n) is 6.68. The summed E-state index contributed by atoms with van der Waals surface area (Å²) in [5.41, 5.74) is 0.349. The molecule has 1 aliphatic carbocycles. The fourth-order valence-corrected chi connectivity index (χ4v) is 3.09. The van der Waals surface area contributed by atoms with Crippen LogP contribution in [0.4, 0.5) is 0 Å². The van der Waals surface area contributed by atoms with Crippen LogP contribution in [0.1, 0.15) is 33.1 Å². The molecule has 1 atom stereocenters. The summed E-state index contributed by atoms with van der Waals surface area (Å²) in [5.74, 6) is 0.513. The molecule has 112 valence electrons. The first-order valence-corrected chi connectivity index (χ1v) is 6.97. The number of hydrogen-bond acceptors (Lipinski definition) is 3. The maximum Gasteiger partial charge on any atom is 0.223 e. The highest BCUT2D eigenvalue weighted by Crippen LogP contribution is 2.58. The second kappa shape index (κ2) is 6.42. The van der Waals surface area contributed by atoms with Crippen molar-refractivity contribution in [3.05, 3.63) is 0 Å². The van der Waals surface area contributed by atoms with Crippen LogP contribution in [0.5, 0.6) is 0 Å². The quantitative estimate of drug-likeness (QED) is 0.808. The van der Waals surface area contributed by atoms with Crippen molar-refractivity contribution in [3.63, 3.8) is 0 Å². The van der Waals surface area contributed by atoms with Crippen molar-refractivity contribution in [3.8, 4) is 0 Å². The van der Waals surface area contributed by atoms with Gasteiger partial charge in [-0.05, 0) is 37.8 Å². The van der Waals surface area contributed by atoms with Crippen LogP contribution in [0, 0.1) is 16.7 Å². The van der Waals surface area contributed by atoms with E-state index >= 15 is 0 Å². The maximum absolute atomic E-state index is 12.2. The number of amides is 1. The van der Waals surface area contributed by atoms with Gasteiger partial charge in [-0.25, -0.2) is 0 Å². The fourth-order valence-electron chi connectivity index (χ4n) is 3.09. The average Bonchev–Trinajstić information content (AvgIpc) is 3.01. The van der Waals surface area contributed by atoms with Gasteiger partial charge in [-0.3, -0.25) is 4.79 Å². The van der Waals surface area contributed by atoms with E-state index in [1.807, 2.05) is 0 Å².